The molecule has 1 heterocycles. The first kappa shape index (κ1) is 18.2. The van der Waals surface area contributed by atoms with Crippen molar-refractivity contribution in [2.45, 2.75) is 51.3 Å². The largest absolute Gasteiger partial charge is 0.390 e. The minimum absolute atomic E-state index is 0.0733. The van der Waals surface area contributed by atoms with Crippen molar-refractivity contribution in [1.82, 2.24) is 8.87 Å². The molecule has 0 fully saturated rings. The zero-order chi connectivity index (χ0) is 16.2. The van der Waals surface area contributed by atoms with E-state index in [1.54, 1.807) is 10.8 Å². The first-order chi connectivity index (χ1) is 9.70. The van der Waals surface area contributed by atoms with E-state index in [1.807, 2.05) is 27.7 Å². The normalized spacial score (nSPS) is 12.8. The molecule has 0 saturated heterocycles. The number of aliphatic hydroxyl groups excluding tert-OH is 1. The lowest BCUT2D eigenvalue weighted by molar-refractivity contribution is 0.0737. The van der Waals surface area contributed by atoms with Crippen LogP contribution < -0.4 is 0 Å². The van der Waals surface area contributed by atoms with Gasteiger partial charge in [-0.25, -0.2) is 8.42 Å². The first-order valence-electron chi connectivity index (χ1n) is 7.09. The molecule has 0 bridgehead atoms. The highest BCUT2D eigenvalue weighted by Gasteiger charge is 2.24. The molecule has 0 aliphatic rings. The van der Waals surface area contributed by atoms with Crippen LogP contribution >= 0.6 is 0 Å². The summed E-state index contributed by atoms with van der Waals surface area (Å²) in [6, 6.07) is 1.61. The number of aromatic nitrogens is 1. The van der Waals surface area contributed by atoms with E-state index in [4.69, 9.17) is 4.74 Å². The summed E-state index contributed by atoms with van der Waals surface area (Å²) in [6.07, 6.45) is 1.65. The number of hydrogen-bond donors (Lipinski definition) is 1. The van der Waals surface area contributed by atoms with Crippen molar-refractivity contribution in [1.29, 1.82) is 0 Å². The average Bonchev–Trinajstić information content (AvgIpc) is 2.82. The lowest BCUT2D eigenvalue weighted by Crippen LogP contribution is -2.30. The van der Waals surface area contributed by atoms with E-state index < -0.39 is 10.0 Å². The quantitative estimate of drug-likeness (QED) is 0.790. The van der Waals surface area contributed by atoms with Crippen molar-refractivity contribution in [3.8, 4) is 0 Å². The van der Waals surface area contributed by atoms with Crippen LogP contribution in [-0.4, -0.2) is 48.7 Å². The maximum Gasteiger partial charge on any atom is 0.244 e. The Labute approximate surface area is 127 Å². The van der Waals surface area contributed by atoms with Crippen LogP contribution in [0.2, 0.25) is 0 Å². The van der Waals surface area contributed by atoms with Gasteiger partial charge in [0.1, 0.15) is 4.90 Å². The second kappa shape index (κ2) is 7.40. The van der Waals surface area contributed by atoms with Gasteiger partial charge in [-0.2, -0.15) is 4.31 Å². The molecule has 0 spiro atoms. The van der Waals surface area contributed by atoms with Crippen molar-refractivity contribution < 1.29 is 18.3 Å². The zero-order valence-electron chi connectivity index (χ0n) is 13.4. The molecule has 1 N–H and O–H groups in total. The molecule has 0 atom stereocenters. The predicted octanol–water partition coefficient (Wildman–Crippen LogP) is 1.61. The molecule has 0 unspecified atom stereocenters. The van der Waals surface area contributed by atoms with Crippen LogP contribution in [0.3, 0.4) is 0 Å². The summed E-state index contributed by atoms with van der Waals surface area (Å²) in [4.78, 5) is 0.201. The van der Waals surface area contributed by atoms with E-state index in [-0.39, 0.29) is 23.6 Å². The molecule has 0 saturated carbocycles. The number of nitrogens with zero attached hydrogens (tertiary/aromatic N) is 2. The van der Waals surface area contributed by atoms with Gasteiger partial charge >= 0.3 is 0 Å². The van der Waals surface area contributed by atoms with Crippen molar-refractivity contribution >= 4 is 10.0 Å². The predicted molar refractivity (Wildman–Crippen MR) is 81.6 cm³/mol. The van der Waals surface area contributed by atoms with Crippen molar-refractivity contribution in [3.05, 3.63) is 18.0 Å². The summed E-state index contributed by atoms with van der Waals surface area (Å²) in [5.41, 5.74) is 0.593. The fourth-order valence-corrected chi connectivity index (χ4v) is 3.17. The highest BCUT2D eigenvalue weighted by atomic mass is 32.2. The molecule has 1 rings (SSSR count). The van der Waals surface area contributed by atoms with Crippen LogP contribution in [0.15, 0.2) is 17.2 Å². The topological polar surface area (TPSA) is 71.8 Å². The Morgan fingerprint density at radius 2 is 1.95 bits per heavy atom. The lowest BCUT2D eigenvalue weighted by Gasteiger charge is -2.17. The highest BCUT2D eigenvalue weighted by Crippen LogP contribution is 2.21. The van der Waals surface area contributed by atoms with Crippen LogP contribution in [0.4, 0.5) is 0 Å². The van der Waals surface area contributed by atoms with E-state index in [9.17, 15) is 13.5 Å². The van der Waals surface area contributed by atoms with Gasteiger partial charge in [-0.3, -0.25) is 0 Å². The molecular formula is C14H26N2O4S. The van der Waals surface area contributed by atoms with Gasteiger partial charge in [0.2, 0.25) is 10.0 Å². The van der Waals surface area contributed by atoms with E-state index in [1.165, 1.54) is 17.4 Å². The van der Waals surface area contributed by atoms with Gasteiger partial charge in [0.05, 0.1) is 19.3 Å². The SMILES string of the molecule is CC(C)OCCN(C)S(=O)(=O)c1cc(CO)n(C(C)C)c1. The molecule has 1 aromatic rings. The molecular weight excluding hydrogens is 292 g/mol. The summed E-state index contributed by atoms with van der Waals surface area (Å²) < 4.78 is 33.4. The number of aliphatic hydroxyl groups is 1. The summed E-state index contributed by atoms with van der Waals surface area (Å²) in [6.45, 7) is 8.15. The molecule has 0 amide bonds. The third kappa shape index (κ3) is 4.54. The Kier molecular flexibility index (Phi) is 6.40. The molecule has 0 aliphatic carbocycles. The molecule has 7 heteroatoms. The Morgan fingerprint density at radius 1 is 1.33 bits per heavy atom. The van der Waals surface area contributed by atoms with Gasteiger partial charge in [-0.1, -0.05) is 0 Å². The van der Waals surface area contributed by atoms with Crippen molar-refractivity contribution in [3.63, 3.8) is 0 Å². The number of rotatable bonds is 8. The minimum Gasteiger partial charge on any atom is -0.390 e. The molecule has 6 nitrogen and oxygen atoms in total. The molecule has 0 aliphatic heterocycles. The van der Waals surface area contributed by atoms with Gasteiger partial charge < -0.3 is 14.4 Å². The van der Waals surface area contributed by atoms with Gasteiger partial charge in [-0.15, -0.1) is 0 Å². The summed E-state index contributed by atoms with van der Waals surface area (Å²) in [5.74, 6) is 0. The van der Waals surface area contributed by atoms with Crippen LogP contribution in [0.25, 0.3) is 0 Å². The molecule has 122 valence electrons. The second-order valence-corrected chi connectivity index (χ2v) is 7.62. The standard InChI is InChI=1S/C14H26N2O4S/c1-11(2)16-9-14(8-13(16)10-17)21(18,19)15(5)6-7-20-12(3)4/h8-9,11-12,17H,6-7,10H2,1-5H3. The summed E-state index contributed by atoms with van der Waals surface area (Å²) in [7, 11) is -2.03. The zero-order valence-corrected chi connectivity index (χ0v) is 14.2. The van der Waals surface area contributed by atoms with Crippen LogP contribution in [0.1, 0.15) is 39.4 Å². The molecule has 1 aromatic heterocycles. The monoisotopic (exact) mass is 318 g/mol. The fraction of sp³-hybridized carbons (Fsp3) is 0.714. The third-order valence-corrected chi connectivity index (χ3v) is 5.01. The number of likely N-dealkylation sites (N-methyl/N-ethyl adjacent to an activating group) is 1. The molecule has 0 radical (unpaired) electrons. The Bertz CT molecular complexity index is 549. The van der Waals surface area contributed by atoms with E-state index in [0.29, 0.717) is 18.8 Å². The van der Waals surface area contributed by atoms with Gasteiger partial charge in [0.25, 0.3) is 0 Å². The fourth-order valence-electron chi connectivity index (χ4n) is 1.96. The van der Waals surface area contributed by atoms with E-state index in [2.05, 4.69) is 0 Å². The lowest BCUT2D eigenvalue weighted by atomic mass is 10.3. The van der Waals surface area contributed by atoms with Gasteiger partial charge in [-0.05, 0) is 33.8 Å². The Morgan fingerprint density at radius 3 is 2.38 bits per heavy atom. The van der Waals surface area contributed by atoms with Crippen molar-refractivity contribution in [2.24, 2.45) is 0 Å². The van der Waals surface area contributed by atoms with Gasteiger partial charge in [0.15, 0.2) is 0 Å². The van der Waals surface area contributed by atoms with E-state index >= 15 is 0 Å². The first-order valence-corrected chi connectivity index (χ1v) is 8.53. The van der Waals surface area contributed by atoms with Crippen LogP contribution in [-0.2, 0) is 21.4 Å². The Hall–Kier alpha value is -0.890. The maximum absolute atomic E-state index is 12.5. The smallest absolute Gasteiger partial charge is 0.244 e. The third-order valence-electron chi connectivity index (χ3n) is 3.19. The number of ether oxygens (including phenoxy) is 1. The second-order valence-electron chi connectivity index (χ2n) is 5.57. The van der Waals surface area contributed by atoms with Crippen LogP contribution in [0.5, 0.6) is 0 Å². The summed E-state index contributed by atoms with van der Waals surface area (Å²) >= 11 is 0. The Balaban J connectivity index is 2.92. The highest BCUT2D eigenvalue weighted by molar-refractivity contribution is 7.89. The summed E-state index contributed by atoms with van der Waals surface area (Å²) in [5, 5.41) is 9.34. The average molecular weight is 318 g/mol. The molecule has 21 heavy (non-hydrogen) atoms. The minimum atomic E-state index is -3.56. The van der Waals surface area contributed by atoms with E-state index in [0.717, 1.165) is 0 Å². The van der Waals surface area contributed by atoms with Crippen LogP contribution in [0, 0.1) is 0 Å². The molecule has 0 aromatic carbocycles. The van der Waals surface area contributed by atoms with Crippen molar-refractivity contribution in [2.75, 3.05) is 20.2 Å². The number of hydrogen-bond acceptors (Lipinski definition) is 4. The maximum atomic E-state index is 12.5. The number of sulfonamides is 1. The van der Waals surface area contributed by atoms with Gasteiger partial charge in [0, 0.05) is 31.5 Å².